The number of thioether (sulfide) groups is 1. The number of likely N-dealkylation sites (tertiary alicyclic amines) is 1. The largest absolute Gasteiger partial charge is 0.342 e. The topological polar surface area (TPSA) is 50.5 Å². The lowest BCUT2D eigenvalue weighted by molar-refractivity contribution is -0.131. The number of rotatable bonds is 3. The quantitative estimate of drug-likeness (QED) is 0.669. The molecule has 0 spiro atoms. The van der Waals surface area contributed by atoms with Gasteiger partial charge in [0.15, 0.2) is 5.16 Å². The van der Waals surface area contributed by atoms with Gasteiger partial charge in [0.05, 0.1) is 15.5 Å². The van der Waals surface area contributed by atoms with Crippen LogP contribution in [0.2, 0.25) is 0 Å². The highest BCUT2D eigenvalue weighted by Gasteiger charge is 2.26. The van der Waals surface area contributed by atoms with Crippen LogP contribution in [0.1, 0.15) is 26.7 Å². The molecule has 1 saturated heterocycles. The first-order chi connectivity index (χ1) is 11.6. The number of benzene rings is 1. The zero-order valence-electron chi connectivity index (χ0n) is 13.8. The number of nitrogens with zero attached hydrogens (tertiary/aromatic N) is 4. The van der Waals surface area contributed by atoms with Crippen molar-refractivity contribution < 1.29 is 4.79 Å². The Morgan fingerprint density at radius 1 is 1.29 bits per heavy atom. The summed E-state index contributed by atoms with van der Waals surface area (Å²) in [6.45, 7) is 5.98. The number of aromatic nitrogens is 3. The number of fused-ring (bicyclic) bond motifs is 3. The molecule has 3 heterocycles. The molecule has 4 rings (SSSR count). The first kappa shape index (κ1) is 15.9. The van der Waals surface area contributed by atoms with Gasteiger partial charge in [-0.3, -0.25) is 9.20 Å². The fourth-order valence-electron chi connectivity index (χ4n) is 3.13. The van der Waals surface area contributed by atoms with Crippen LogP contribution in [-0.2, 0) is 4.79 Å². The maximum absolute atomic E-state index is 12.7. The van der Waals surface area contributed by atoms with Crippen molar-refractivity contribution in [1.82, 2.24) is 19.5 Å². The second-order valence-corrected chi connectivity index (χ2v) is 8.76. The maximum Gasteiger partial charge on any atom is 0.235 e. The molecule has 0 radical (unpaired) electrons. The van der Waals surface area contributed by atoms with E-state index in [9.17, 15) is 4.79 Å². The normalized spacial score (nSPS) is 17.7. The summed E-state index contributed by atoms with van der Waals surface area (Å²) in [6.07, 6.45) is 2.21. The Morgan fingerprint density at radius 2 is 2.04 bits per heavy atom. The van der Waals surface area contributed by atoms with Gasteiger partial charge in [-0.2, -0.15) is 0 Å². The lowest BCUT2D eigenvalue weighted by Gasteiger charge is -2.31. The second kappa shape index (κ2) is 6.37. The van der Waals surface area contributed by atoms with E-state index in [0.29, 0.717) is 0 Å². The highest BCUT2D eigenvalue weighted by Crippen LogP contribution is 2.31. The van der Waals surface area contributed by atoms with Gasteiger partial charge in [-0.25, -0.2) is 0 Å². The smallest absolute Gasteiger partial charge is 0.235 e. The van der Waals surface area contributed by atoms with E-state index in [1.165, 1.54) is 16.5 Å². The van der Waals surface area contributed by atoms with Crippen molar-refractivity contribution in [3.63, 3.8) is 0 Å². The molecular weight excluding hydrogens is 340 g/mol. The minimum absolute atomic E-state index is 0.149. The monoisotopic (exact) mass is 360 g/mol. The van der Waals surface area contributed by atoms with E-state index in [4.69, 9.17) is 0 Å². The molecule has 1 atom stereocenters. The zero-order valence-corrected chi connectivity index (χ0v) is 15.4. The van der Waals surface area contributed by atoms with Crippen LogP contribution in [0, 0.1) is 5.92 Å². The molecule has 1 aliphatic heterocycles. The van der Waals surface area contributed by atoms with E-state index in [1.807, 2.05) is 24.0 Å². The van der Waals surface area contributed by atoms with Crippen molar-refractivity contribution in [1.29, 1.82) is 0 Å². The predicted molar refractivity (Wildman–Crippen MR) is 98.7 cm³/mol. The van der Waals surface area contributed by atoms with Crippen molar-refractivity contribution in [2.24, 2.45) is 5.92 Å². The highest BCUT2D eigenvalue weighted by molar-refractivity contribution is 8.00. The van der Waals surface area contributed by atoms with Crippen LogP contribution in [0.3, 0.4) is 0 Å². The van der Waals surface area contributed by atoms with Gasteiger partial charge >= 0.3 is 0 Å². The van der Waals surface area contributed by atoms with Crippen LogP contribution in [0.5, 0.6) is 0 Å². The molecule has 1 amide bonds. The third-order valence-corrected chi connectivity index (χ3v) is 6.68. The minimum atomic E-state index is -0.149. The maximum atomic E-state index is 12.7. The number of carbonyl (C=O) groups excluding carboxylic acids is 1. The lowest BCUT2D eigenvalue weighted by atomic mass is 9.99. The van der Waals surface area contributed by atoms with E-state index in [-0.39, 0.29) is 11.2 Å². The van der Waals surface area contributed by atoms with Gasteiger partial charge in [0.2, 0.25) is 10.9 Å². The predicted octanol–water partition coefficient (Wildman–Crippen LogP) is 3.68. The molecular formula is C17H20N4OS2. The van der Waals surface area contributed by atoms with Gasteiger partial charge in [-0.15, -0.1) is 10.2 Å². The molecule has 1 unspecified atom stereocenters. The Hall–Kier alpha value is -1.60. The summed E-state index contributed by atoms with van der Waals surface area (Å²) in [5, 5.41) is 9.23. The molecule has 7 heteroatoms. The summed E-state index contributed by atoms with van der Waals surface area (Å²) in [5.41, 5.74) is 1.11. The Kier molecular flexibility index (Phi) is 4.22. The molecule has 24 heavy (non-hydrogen) atoms. The molecule has 0 aliphatic carbocycles. The Labute approximate surface area is 149 Å². The Balaban J connectivity index is 1.56. The summed E-state index contributed by atoms with van der Waals surface area (Å²) in [7, 11) is 0. The van der Waals surface area contributed by atoms with Crippen LogP contribution in [0.25, 0.3) is 15.2 Å². The van der Waals surface area contributed by atoms with E-state index in [0.717, 1.165) is 47.5 Å². The standard InChI is InChI=1S/C17H20N4OS2/c1-11-7-9-20(10-8-11)15(22)12(2)23-16-18-19-17-21(16)13-5-3-4-6-14(13)24-17/h3-6,11-12H,7-10H2,1-2H3. The van der Waals surface area contributed by atoms with Crippen molar-refractivity contribution >= 4 is 44.2 Å². The number of hydrogen-bond donors (Lipinski definition) is 0. The third-order valence-electron chi connectivity index (χ3n) is 4.64. The number of amides is 1. The Bertz CT molecular complexity index is 879. The van der Waals surface area contributed by atoms with Crippen LogP contribution < -0.4 is 0 Å². The first-order valence-corrected chi connectivity index (χ1v) is 10.0. The molecule has 0 bridgehead atoms. The van der Waals surface area contributed by atoms with Crippen molar-refractivity contribution in [3.8, 4) is 0 Å². The van der Waals surface area contributed by atoms with E-state index in [2.05, 4.69) is 33.7 Å². The van der Waals surface area contributed by atoms with Crippen LogP contribution >= 0.6 is 23.1 Å². The van der Waals surface area contributed by atoms with E-state index >= 15 is 0 Å². The fourth-order valence-corrected chi connectivity index (χ4v) is 5.09. The van der Waals surface area contributed by atoms with Crippen molar-refractivity contribution in [2.75, 3.05) is 13.1 Å². The van der Waals surface area contributed by atoms with Gasteiger partial charge in [0, 0.05) is 13.1 Å². The molecule has 3 aromatic rings. The van der Waals surface area contributed by atoms with Gasteiger partial charge in [-0.1, -0.05) is 42.2 Å². The third kappa shape index (κ3) is 2.80. The molecule has 1 fully saturated rings. The lowest BCUT2D eigenvalue weighted by Crippen LogP contribution is -2.41. The van der Waals surface area contributed by atoms with Crippen LogP contribution in [0.4, 0.5) is 0 Å². The summed E-state index contributed by atoms with van der Waals surface area (Å²) in [6, 6.07) is 8.21. The number of thiazole rings is 1. The molecule has 2 aromatic heterocycles. The average molecular weight is 361 g/mol. The second-order valence-electron chi connectivity index (χ2n) is 6.44. The van der Waals surface area contributed by atoms with Crippen molar-refractivity contribution in [2.45, 2.75) is 37.1 Å². The molecule has 0 N–H and O–H groups in total. The molecule has 1 aromatic carbocycles. The number of carbonyl (C=O) groups is 1. The van der Waals surface area contributed by atoms with E-state index < -0.39 is 0 Å². The minimum Gasteiger partial charge on any atom is -0.342 e. The average Bonchev–Trinajstić information content (AvgIpc) is 3.14. The zero-order chi connectivity index (χ0) is 16.7. The van der Waals surface area contributed by atoms with Crippen molar-refractivity contribution in [3.05, 3.63) is 24.3 Å². The molecule has 1 aliphatic rings. The molecule has 5 nitrogen and oxygen atoms in total. The van der Waals surface area contributed by atoms with Gasteiger partial charge < -0.3 is 4.90 Å². The number of para-hydroxylation sites is 1. The summed E-state index contributed by atoms with van der Waals surface area (Å²) in [5.74, 6) is 0.938. The summed E-state index contributed by atoms with van der Waals surface area (Å²) in [4.78, 5) is 15.6. The Morgan fingerprint density at radius 3 is 2.83 bits per heavy atom. The number of piperidine rings is 1. The fraction of sp³-hybridized carbons (Fsp3) is 0.471. The highest BCUT2D eigenvalue weighted by atomic mass is 32.2. The SMILES string of the molecule is CC1CCN(C(=O)C(C)Sc2nnc3sc4ccccc4n23)CC1. The summed E-state index contributed by atoms with van der Waals surface area (Å²) < 4.78 is 3.25. The molecule has 0 saturated carbocycles. The van der Waals surface area contributed by atoms with Crippen LogP contribution in [0.15, 0.2) is 29.4 Å². The first-order valence-electron chi connectivity index (χ1n) is 8.31. The van der Waals surface area contributed by atoms with Gasteiger partial charge in [-0.05, 0) is 37.8 Å². The van der Waals surface area contributed by atoms with Crippen LogP contribution in [-0.4, -0.2) is 43.7 Å². The summed E-state index contributed by atoms with van der Waals surface area (Å²) >= 11 is 3.13. The molecule has 126 valence electrons. The number of hydrogen-bond acceptors (Lipinski definition) is 5. The van der Waals surface area contributed by atoms with E-state index in [1.54, 1.807) is 11.3 Å². The van der Waals surface area contributed by atoms with Gasteiger partial charge in [0.25, 0.3) is 0 Å². The van der Waals surface area contributed by atoms with Gasteiger partial charge in [0.1, 0.15) is 0 Å².